The Kier molecular flexibility index (Phi) is 8.93. The zero-order valence-corrected chi connectivity index (χ0v) is 22.1. The van der Waals surface area contributed by atoms with Crippen molar-refractivity contribution < 1.29 is 40.0 Å². The molecule has 3 aromatic rings. The van der Waals surface area contributed by atoms with Gasteiger partial charge in [-0.3, -0.25) is 4.79 Å². The van der Waals surface area contributed by atoms with Crippen LogP contribution in [0.15, 0.2) is 71.6 Å². The van der Waals surface area contributed by atoms with Crippen molar-refractivity contribution in [1.82, 2.24) is 4.90 Å². The zero-order valence-electron chi connectivity index (χ0n) is 21.3. The molecule has 0 radical (unpaired) electrons. The van der Waals surface area contributed by atoms with Gasteiger partial charge in [-0.15, -0.1) is 0 Å². The number of benzene rings is 3. The summed E-state index contributed by atoms with van der Waals surface area (Å²) in [5, 5.41) is 0. The van der Waals surface area contributed by atoms with Crippen LogP contribution < -0.4 is 13.7 Å². The number of amides is 1. The van der Waals surface area contributed by atoms with E-state index in [2.05, 4.69) is 0 Å². The van der Waals surface area contributed by atoms with Gasteiger partial charge in [0.1, 0.15) is 10.6 Å². The SMILES string of the molecule is COc1cccc(C(=O)N(Cc2ccc(OC)c(OS(=O)(=O)c3cccc(C(F)(F)F)c3)c2)CC(C)C)c1. The maximum Gasteiger partial charge on any atom is 0.416 e. The molecule has 0 aliphatic carbocycles. The smallest absolute Gasteiger partial charge is 0.416 e. The Morgan fingerprint density at radius 1 is 0.921 bits per heavy atom. The summed E-state index contributed by atoms with van der Waals surface area (Å²) in [5.41, 5.74) is -0.178. The third-order valence-electron chi connectivity index (χ3n) is 5.44. The summed E-state index contributed by atoms with van der Waals surface area (Å²) < 4.78 is 80.7. The normalized spacial score (nSPS) is 11.8. The summed E-state index contributed by atoms with van der Waals surface area (Å²) in [6, 6.07) is 14.5. The Morgan fingerprint density at radius 2 is 1.63 bits per heavy atom. The quantitative estimate of drug-likeness (QED) is 0.297. The van der Waals surface area contributed by atoms with Crippen LogP contribution in [0.1, 0.15) is 35.3 Å². The second-order valence-corrected chi connectivity index (χ2v) is 10.4. The minimum atomic E-state index is -4.72. The molecule has 0 heterocycles. The maximum atomic E-state index is 13.3. The van der Waals surface area contributed by atoms with Crippen LogP contribution >= 0.6 is 0 Å². The van der Waals surface area contributed by atoms with Gasteiger partial charge in [-0.05, 0) is 60.0 Å². The molecular formula is C27H28F3NO6S. The van der Waals surface area contributed by atoms with Crippen molar-refractivity contribution in [3.63, 3.8) is 0 Å². The number of nitrogens with zero attached hydrogens (tertiary/aromatic N) is 1. The number of halogens is 3. The fourth-order valence-corrected chi connectivity index (χ4v) is 4.68. The number of methoxy groups -OCH3 is 2. The minimum absolute atomic E-state index is 0.0545. The zero-order chi connectivity index (χ0) is 28.1. The van der Waals surface area contributed by atoms with Gasteiger partial charge in [0, 0.05) is 18.7 Å². The number of carbonyl (C=O) groups excluding carboxylic acids is 1. The Balaban J connectivity index is 1.93. The topological polar surface area (TPSA) is 82.1 Å². The van der Waals surface area contributed by atoms with Crippen molar-refractivity contribution in [1.29, 1.82) is 0 Å². The molecule has 38 heavy (non-hydrogen) atoms. The van der Waals surface area contributed by atoms with E-state index in [-0.39, 0.29) is 29.9 Å². The van der Waals surface area contributed by atoms with Gasteiger partial charge in [-0.25, -0.2) is 0 Å². The molecule has 0 aliphatic rings. The first kappa shape index (κ1) is 28.8. The van der Waals surface area contributed by atoms with Crippen molar-refractivity contribution in [2.45, 2.75) is 31.5 Å². The lowest BCUT2D eigenvalue weighted by molar-refractivity contribution is -0.137. The number of carbonyl (C=O) groups is 1. The molecule has 7 nitrogen and oxygen atoms in total. The number of alkyl halides is 3. The van der Waals surface area contributed by atoms with Crippen LogP contribution in [0, 0.1) is 5.92 Å². The van der Waals surface area contributed by atoms with Gasteiger partial charge < -0.3 is 18.6 Å². The van der Waals surface area contributed by atoms with Crippen LogP contribution in [0.25, 0.3) is 0 Å². The van der Waals surface area contributed by atoms with Crippen LogP contribution in [0.5, 0.6) is 17.2 Å². The van der Waals surface area contributed by atoms with E-state index in [0.717, 1.165) is 18.2 Å². The van der Waals surface area contributed by atoms with Crippen LogP contribution in [0.4, 0.5) is 13.2 Å². The highest BCUT2D eigenvalue weighted by atomic mass is 32.2. The van der Waals surface area contributed by atoms with Crippen molar-refractivity contribution in [3.8, 4) is 17.2 Å². The van der Waals surface area contributed by atoms with Crippen LogP contribution in [-0.2, 0) is 22.8 Å². The number of hydrogen-bond acceptors (Lipinski definition) is 6. The third-order valence-corrected chi connectivity index (χ3v) is 6.67. The lowest BCUT2D eigenvalue weighted by atomic mass is 10.1. The molecule has 0 N–H and O–H groups in total. The number of rotatable bonds is 10. The molecule has 0 saturated heterocycles. The number of ether oxygens (including phenoxy) is 2. The second kappa shape index (κ2) is 11.8. The molecule has 0 atom stereocenters. The number of hydrogen-bond donors (Lipinski definition) is 0. The first-order valence-corrected chi connectivity index (χ1v) is 13.0. The lowest BCUT2D eigenvalue weighted by Crippen LogP contribution is -2.33. The highest BCUT2D eigenvalue weighted by molar-refractivity contribution is 7.87. The van der Waals surface area contributed by atoms with Gasteiger partial charge in [0.25, 0.3) is 5.91 Å². The Bertz CT molecular complexity index is 1390. The largest absolute Gasteiger partial charge is 0.497 e. The van der Waals surface area contributed by atoms with Gasteiger partial charge in [0.2, 0.25) is 0 Å². The summed E-state index contributed by atoms with van der Waals surface area (Å²) >= 11 is 0. The van der Waals surface area contributed by atoms with E-state index < -0.39 is 26.8 Å². The molecule has 0 aliphatic heterocycles. The van der Waals surface area contributed by atoms with E-state index in [4.69, 9.17) is 13.7 Å². The molecule has 1 amide bonds. The van der Waals surface area contributed by atoms with Gasteiger partial charge in [0.05, 0.1) is 19.8 Å². The molecule has 0 spiro atoms. The van der Waals surface area contributed by atoms with Crippen molar-refractivity contribution >= 4 is 16.0 Å². The molecule has 0 saturated carbocycles. The molecule has 3 rings (SSSR count). The second-order valence-electron chi connectivity index (χ2n) is 8.86. The third kappa shape index (κ3) is 7.18. The van der Waals surface area contributed by atoms with Crippen LogP contribution in [0.2, 0.25) is 0 Å². The highest BCUT2D eigenvalue weighted by Gasteiger charge is 2.32. The van der Waals surface area contributed by atoms with E-state index >= 15 is 0 Å². The molecule has 0 unspecified atom stereocenters. The predicted octanol–water partition coefficient (Wildman–Crippen LogP) is 5.79. The average Bonchev–Trinajstić information content (AvgIpc) is 2.87. The Labute approximate surface area is 219 Å². The molecule has 0 bridgehead atoms. The van der Waals surface area contributed by atoms with Gasteiger partial charge in [0.15, 0.2) is 11.5 Å². The average molecular weight is 552 g/mol. The fourth-order valence-electron chi connectivity index (χ4n) is 3.70. The van der Waals surface area contributed by atoms with E-state index in [1.54, 1.807) is 35.2 Å². The maximum absolute atomic E-state index is 13.3. The first-order chi connectivity index (χ1) is 17.8. The monoisotopic (exact) mass is 551 g/mol. The van der Waals surface area contributed by atoms with Crippen molar-refractivity contribution in [2.75, 3.05) is 20.8 Å². The predicted molar refractivity (Wildman–Crippen MR) is 135 cm³/mol. The molecule has 3 aromatic carbocycles. The Hall–Kier alpha value is -3.73. The molecule has 204 valence electrons. The van der Waals surface area contributed by atoms with Gasteiger partial charge in [-0.1, -0.05) is 32.0 Å². The molecular weight excluding hydrogens is 523 g/mol. The van der Waals surface area contributed by atoms with Crippen LogP contribution in [0.3, 0.4) is 0 Å². The fraction of sp³-hybridized carbons (Fsp3) is 0.296. The van der Waals surface area contributed by atoms with Crippen molar-refractivity contribution in [3.05, 3.63) is 83.4 Å². The van der Waals surface area contributed by atoms with E-state index in [9.17, 15) is 26.4 Å². The summed E-state index contributed by atoms with van der Waals surface area (Å²) in [6.07, 6.45) is -4.72. The summed E-state index contributed by atoms with van der Waals surface area (Å²) in [7, 11) is -1.83. The van der Waals surface area contributed by atoms with Crippen molar-refractivity contribution in [2.24, 2.45) is 5.92 Å². The van der Waals surface area contributed by atoms with Crippen LogP contribution in [-0.4, -0.2) is 40.0 Å². The minimum Gasteiger partial charge on any atom is -0.497 e. The summed E-state index contributed by atoms with van der Waals surface area (Å²) in [6.45, 7) is 4.42. The first-order valence-electron chi connectivity index (χ1n) is 11.6. The van der Waals surface area contributed by atoms with E-state index in [0.29, 0.717) is 29.5 Å². The Morgan fingerprint density at radius 3 is 2.26 bits per heavy atom. The van der Waals surface area contributed by atoms with Gasteiger partial charge in [-0.2, -0.15) is 21.6 Å². The molecule has 11 heteroatoms. The summed E-state index contributed by atoms with van der Waals surface area (Å²) in [5.74, 6) is 0.229. The molecule has 0 aromatic heterocycles. The molecule has 0 fully saturated rings. The van der Waals surface area contributed by atoms with E-state index in [1.165, 1.54) is 26.4 Å². The van der Waals surface area contributed by atoms with Gasteiger partial charge >= 0.3 is 16.3 Å². The lowest BCUT2D eigenvalue weighted by Gasteiger charge is -2.25. The summed E-state index contributed by atoms with van der Waals surface area (Å²) in [4.78, 5) is 14.3. The standard InChI is InChI=1S/C27H28F3NO6S/c1-18(2)16-31(26(32)20-7-5-9-22(14-20)35-3)17-19-11-12-24(36-4)25(13-19)37-38(33,34)23-10-6-8-21(15-23)27(28,29)30/h5-15,18H,16-17H2,1-4H3. The van der Waals surface area contributed by atoms with E-state index in [1.807, 2.05) is 13.8 Å². The highest BCUT2D eigenvalue weighted by Crippen LogP contribution is 2.34.